The molecule has 0 bridgehead atoms. The van der Waals surface area contributed by atoms with E-state index in [9.17, 15) is 0 Å². The molecule has 136 valence electrons. The second-order valence-corrected chi connectivity index (χ2v) is 6.85. The molecule has 2 N–H and O–H groups in total. The van der Waals surface area contributed by atoms with E-state index in [0.29, 0.717) is 5.95 Å². The quantitative estimate of drug-likeness (QED) is 0.745. The molecule has 27 heavy (non-hydrogen) atoms. The van der Waals surface area contributed by atoms with E-state index in [2.05, 4.69) is 49.7 Å². The van der Waals surface area contributed by atoms with Gasteiger partial charge in [-0.15, -0.1) is 0 Å². The van der Waals surface area contributed by atoms with E-state index >= 15 is 0 Å². The zero-order valence-corrected chi connectivity index (χ0v) is 15.0. The van der Waals surface area contributed by atoms with Gasteiger partial charge in [-0.05, 0) is 47.4 Å². The summed E-state index contributed by atoms with van der Waals surface area (Å²) in [5.74, 6) is 2.46. The molecule has 2 aliphatic rings. The van der Waals surface area contributed by atoms with Crippen LogP contribution in [0.5, 0.6) is 5.75 Å². The molecule has 0 amide bonds. The SMILES string of the molecule is COc1ccc2c(c1)CN(c1ccnc(NC3C=Cc4[nH]ncc4C3)n1)C2. The van der Waals surface area contributed by atoms with Gasteiger partial charge >= 0.3 is 0 Å². The third-order valence-electron chi connectivity index (χ3n) is 5.10. The summed E-state index contributed by atoms with van der Waals surface area (Å²) in [5.41, 5.74) is 4.87. The number of ether oxygens (including phenoxy) is 1. The minimum atomic E-state index is 0.158. The summed E-state index contributed by atoms with van der Waals surface area (Å²) in [6.45, 7) is 1.67. The highest BCUT2D eigenvalue weighted by Crippen LogP contribution is 2.30. The van der Waals surface area contributed by atoms with E-state index in [0.717, 1.165) is 36.8 Å². The molecule has 1 aromatic carbocycles. The van der Waals surface area contributed by atoms with Crippen molar-refractivity contribution in [2.45, 2.75) is 25.6 Å². The van der Waals surface area contributed by atoms with Crippen molar-refractivity contribution < 1.29 is 4.74 Å². The summed E-state index contributed by atoms with van der Waals surface area (Å²) in [5, 5.41) is 10.5. The Balaban J connectivity index is 1.31. The van der Waals surface area contributed by atoms with Crippen LogP contribution in [0.2, 0.25) is 0 Å². The molecule has 7 nitrogen and oxygen atoms in total. The number of aromatic nitrogens is 4. The molecule has 0 fully saturated rings. The van der Waals surface area contributed by atoms with Crippen LogP contribution in [-0.2, 0) is 19.5 Å². The summed E-state index contributed by atoms with van der Waals surface area (Å²) >= 11 is 0. The van der Waals surface area contributed by atoms with Crippen LogP contribution in [0.15, 0.2) is 42.7 Å². The van der Waals surface area contributed by atoms with Crippen LogP contribution < -0.4 is 15.0 Å². The molecule has 5 rings (SSSR count). The van der Waals surface area contributed by atoms with E-state index in [1.807, 2.05) is 24.5 Å². The third kappa shape index (κ3) is 3.01. The molecular formula is C20H20N6O. The van der Waals surface area contributed by atoms with Crippen LogP contribution in [0.3, 0.4) is 0 Å². The van der Waals surface area contributed by atoms with Crippen LogP contribution >= 0.6 is 0 Å². The number of hydrogen-bond donors (Lipinski definition) is 2. The number of H-pyrrole nitrogens is 1. The fraction of sp³-hybridized carbons (Fsp3) is 0.250. The number of rotatable bonds is 4. The van der Waals surface area contributed by atoms with Gasteiger partial charge in [0.2, 0.25) is 5.95 Å². The van der Waals surface area contributed by atoms with Gasteiger partial charge in [-0.25, -0.2) is 4.98 Å². The number of anilines is 2. The van der Waals surface area contributed by atoms with Crippen LogP contribution in [0.25, 0.3) is 6.08 Å². The standard InChI is InChI=1S/C20H20N6O/c1-27-17-4-2-13-11-26(12-15(13)9-17)19-6-7-21-20(24-19)23-16-3-5-18-14(8-16)10-22-25-18/h2-7,9-10,16H,8,11-12H2,1H3,(H,22,25)(H,21,23,24). The lowest BCUT2D eigenvalue weighted by molar-refractivity contribution is 0.414. The van der Waals surface area contributed by atoms with Crippen LogP contribution in [0, 0.1) is 0 Å². The Kier molecular flexibility index (Phi) is 3.78. The molecule has 2 aromatic heterocycles. The number of benzene rings is 1. The number of nitrogens with one attached hydrogen (secondary N) is 2. The maximum atomic E-state index is 5.34. The molecule has 0 spiro atoms. The molecule has 7 heteroatoms. The first-order valence-electron chi connectivity index (χ1n) is 8.99. The van der Waals surface area contributed by atoms with Crippen molar-refractivity contribution >= 4 is 17.8 Å². The van der Waals surface area contributed by atoms with Gasteiger partial charge in [0.15, 0.2) is 0 Å². The van der Waals surface area contributed by atoms with Gasteiger partial charge in [0, 0.05) is 19.3 Å². The molecule has 0 saturated heterocycles. The normalized spacial score (nSPS) is 17.5. The van der Waals surface area contributed by atoms with Crippen molar-refractivity contribution in [2.24, 2.45) is 0 Å². The second-order valence-electron chi connectivity index (χ2n) is 6.85. The number of hydrogen-bond acceptors (Lipinski definition) is 6. The lowest BCUT2D eigenvalue weighted by atomic mass is 10.0. The lowest BCUT2D eigenvalue weighted by Crippen LogP contribution is -2.24. The van der Waals surface area contributed by atoms with Gasteiger partial charge in [0.25, 0.3) is 0 Å². The van der Waals surface area contributed by atoms with Gasteiger partial charge in [-0.2, -0.15) is 10.1 Å². The molecular weight excluding hydrogens is 340 g/mol. The minimum absolute atomic E-state index is 0.158. The zero-order chi connectivity index (χ0) is 18.2. The first-order valence-corrected chi connectivity index (χ1v) is 8.99. The largest absolute Gasteiger partial charge is 0.497 e. The average molecular weight is 360 g/mol. The molecule has 1 aliphatic heterocycles. The fourth-order valence-electron chi connectivity index (χ4n) is 3.67. The molecule has 3 heterocycles. The maximum Gasteiger partial charge on any atom is 0.225 e. The van der Waals surface area contributed by atoms with Crippen molar-refractivity contribution in [3.63, 3.8) is 0 Å². The van der Waals surface area contributed by atoms with E-state index in [1.54, 1.807) is 7.11 Å². The molecule has 3 aromatic rings. The highest BCUT2D eigenvalue weighted by Gasteiger charge is 2.22. The van der Waals surface area contributed by atoms with Crippen molar-refractivity contribution in [3.05, 3.63) is 65.1 Å². The number of methoxy groups -OCH3 is 1. The maximum absolute atomic E-state index is 5.34. The molecule has 0 radical (unpaired) electrons. The van der Waals surface area contributed by atoms with Crippen LogP contribution in [0.1, 0.15) is 22.4 Å². The van der Waals surface area contributed by atoms with Crippen molar-refractivity contribution in [3.8, 4) is 5.75 Å². The Bertz CT molecular complexity index is 1010. The molecule has 1 atom stereocenters. The van der Waals surface area contributed by atoms with E-state index in [-0.39, 0.29) is 6.04 Å². The van der Waals surface area contributed by atoms with Gasteiger partial charge in [0.1, 0.15) is 11.6 Å². The minimum Gasteiger partial charge on any atom is -0.497 e. The Labute approximate surface area is 157 Å². The topological polar surface area (TPSA) is 79.0 Å². The van der Waals surface area contributed by atoms with E-state index in [4.69, 9.17) is 9.72 Å². The highest BCUT2D eigenvalue weighted by atomic mass is 16.5. The summed E-state index contributed by atoms with van der Waals surface area (Å²) in [7, 11) is 1.70. The van der Waals surface area contributed by atoms with Crippen molar-refractivity contribution in [2.75, 3.05) is 17.3 Å². The number of nitrogens with zero attached hydrogens (tertiary/aromatic N) is 4. The fourth-order valence-corrected chi connectivity index (χ4v) is 3.67. The van der Waals surface area contributed by atoms with Gasteiger partial charge < -0.3 is 15.0 Å². The Hall–Kier alpha value is -3.35. The van der Waals surface area contributed by atoms with Crippen LogP contribution in [0.4, 0.5) is 11.8 Å². The van der Waals surface area contributed by atoms with Gasteiger partial charge in [-0.3, -0.25) is 5.10 Å². The molecule has 0 saturated carbocycles. The monoisotopic (exact) mass is 360 g/mol. The van der Waals surface area contributed by atoms with E-state index < -0.39 is 0 Å². The zero-order valence-electron chi connectivity index (χ0n) is 15.0. The second kappa shape index (κ2) is 6.42. The van der Waals surface area contributed by atoms with E-state index in [1.165, 1.54) is 16.7 Å². The smallest absolute Gasteiger partial charge is 0.225 e. The van der Waals surface area contributed by atoms with Crippen LogP contribution in [-0.4, -0.2) is 33.3 Å². The Morgan fingerprint density at radius 3 is 3.04 bits per heavy atom. The van der Waals surface area contributed by atoms with Gasteiger partial charge in [0.05, 0.1) is 25.0 Å². The first kappa shape index (κ1) is 15.9. The Morgan fingerprint density at radius 1 is 1.19 bits per heavy atom. The van der Waals surface area contributed by atoms with Gasteiger partial charge in [-0.1, -0.05) is 12.1 Å². The third-order valence-corrected chi connectivity index (χ3v) is 5.10. The molecule has 1 aliphatic carbocycles. The number of aromatic amines is 1. The molecule has 1 unspecified atom stereocenters. The average Bonchev–Trinajstić information content (AvgIpc) is 3.33. The highest BCUT2D eigenvalue weighted by molar-refractivity contribution is 5.55. The summed E-state index contributed by atoms with van der Waals surface area (Å²) in [4.78, 5) is 11.4. The summed E-state index contributed by atoms with van der Waals surface area (Å²) < 4.78 is 5.34. The predicted octanol–water partition coefficient (Wildman–Crippen LogP) is 2.78. The first-order chi connectivity index (χ1) is 13.3. The van der Waals surface area contributed by atoms with Crippen molar-refractivity contribution in [1.29, 1.82) is 0 Å². The summed E-state index contributed by atoms with van der Waals surface area (Å²) in [6.07, 6.45) is 8.72. The van der Waals surface area contributed by atoms with Crippen molar-refractivity contribution in [1.82, 2.24) is 20.2 Å². The lowest BCUT2D eigenvalue weighted by Gasteiger charge is -2.20. The Morgan fingerprint density at radius 2 is 2.11 bits per heavy atom. The predicted molar refractivity (Wildman–Crippen MR) is 104 cm³/mol. The number of fused-ring (bicyclic) bond motifs is 2. The summed E-state index contributed by atoms with van der Waals surface area (Å²) in [6, 6.07) is 8.36.